The number of para-hydroxylation sites is 1. The van der Waals surface area contributed by atoms with Crippen LogP contribution in [0.4, 0.5) is 10.2 Å². The highest BCUT2D eigenvalue weighted by molar-refractivity contribution is 9.10. The zero-order valence-corrected chi connectivity index (χ0v) is 12.9. The van der Waals surface area contributed by atoms with Crippen LogP contribution in [0.3, 0.4) is 0 Å². The second kappa shape index (κ2) is 5.33. The lowest BCUT2D eigenvalue weighted by molar-refractivity contribution is 0.629. The minimum absolute atomic E-state index is 0.329. The Bertz CT molecular complexity index is 777. The molecule has 5 heteroatoms. The fraction of sp³-hybridized carbons (Fsp3) is 0.0625. The predicted molar refractivity (Wildman–Crippen MR) is 85.8 cm³/mol. The van der Waals surface area contributed by atoms with Crippen molar-refractivity contribution in [2.75, 3.05) is 5.73 Å². The summed E-state index contributed by atoms with van der Waals surface area (Å²) in [6, 6.07) is 14.4. The van der Waals surface area contributed by atoms with E-state index < -0.39 is 0 Å². The van der Waals surface area contributed by atoms with E-state index in [1.165, 1.54) is 6.07 Å². The number of anilines is 1. The van der Waals surface area contributed by atoms with Gasteiger partial charge in [0.2, 0.25) is 0 Å². The van der Waals surface area contributed by atoms with Gasteiger partial charge in [-0.2, -0.15) is 5.10 Å². The van der Waals surface area contributed by atoms with E-state index >= 15 is 0 Å². The number of hydrogen-bond acceptors (Lipinski definition) is 2. The smallest absolute Gasteiger partial charge is 0.133 e. The molecule has 2 aromatic carbocycles. The number of halogens is 2. The molecule has 3 aromatic rings. The van der Waals surface area contributed by atoms with Gasteiger partial charge in [-0.25, -0.2) is 9.07 Å². The summed E-state index contributed by atoms with van der Waals surface area (Å²) in [7, 11) is 0. The Morgan fingerprint density at radius 1 is 1.10 bits per heavy atom. The molecule has 2 N–H and O–H groups in total. The summed E-state index contributed by atoms with van der Waals surface area (Å²) in [4.78, 5) is 0. The first-order valence-corrected chi connectivity index (χ1v) is 7.24. The number of aromatic nitrogens is 2. The molecule has 0 spiro atoms. The van der Waals surface area contributed by atoms with E-state index in [2.05, 4.69) is 21.0 Å². The third-order valence-corrected chi connectivity index (χ3v) is 4.03. The molecule has 0 bridgehead atoms. The Balaban J connectivity index is 2.23. The van der Waals surface area contributed by atoms with E-state index in [1.807, 2.05) is 37.3 Å². The van der Waals surface area contributed by atoms with Crippen LogP contribution in [0, 0.1) is 12.7 Å². The van der Waals surface area contributed by atoms with Gasteiger partial charge in [0.05, 0.1) is 11.3 Å². The van der Waals surface area contributed by atoms with E-state index in [0.29, 0.717) is 21.5 Å². The Kier molecular flexibility index (Phi) is 3.51. The lowest BCUT2D eigenvalue weighted by Crippen LogP contribution is -2.01. The number of nitrogen functional groups attached to an aromatic ring is 1. The maximum atomic E-state index is 14.1. The minimum atomic E-state index is -0.329. The molecular weight excluding hydrogens is 333 g/mol. The Morgan fingerprint density at radius 3 is 2.48 bits per heavy atom. The number of hydrogen-bond donors (Lipinski definition) is 1. The maximum Gasteiger partial charge on any atom is 0.133 e. The number of rotatable bonds is 2. The van der Waals surface area contributed by atoms with Crippen molar-refractivity contribution in [3.05, 3.63) is 64.4 Å². The summed E-state index contributed by atoms with van der Waals surface area (Å²) < 4.78 is 16.4. The van der Waals surface area contributed by atoms with Gasteiger partial charge in [-0.1, -0.05) is 24.3 Å². The molecular formula is C16H13BrFN3. The standard InChI is InChI=1S/C16H13BrFN3/c1-10-15(14-12(17)8-5-9-13(14)18)20-21(16(10)19)11-6-3-2-4-7-11/h2-9H,19H2,1H3. The molecule has 3 nitrogen and oxygen atoms in total. The van der Waals surface area contributed by atoms with Crippen LogP contribution in [0.25, 0.3) is 16.9 Å². The summed E-state index contributed by atoms with van der Waals surface area (Å²) in [5.41, 5.74) is 8.70. The van der Waals surface area contributed by atoms with Crippen molar-refractivity contribution in [2.45, 2.75) is 6.92 Å². The van der Waals surface area contributed by atoms with Gasteiger partial charge in [-0.05, 0) is 47.1 Å². The fourth-order valence-corrected chi connectivity index (χ4v) is 2.77. The summed E-state index contributed by atoms with van der Waals surface area (Å²) >= 11 is 3.38. The van der Waals surface area contributed by atoms with Gasteiger partial charge in [-0.3, -0.25) is 0 Å². The third kappa shape index (κ3) is 2.34. The summed E-state index contributed by atoms with van der Waals surface area (Å²) in [6.07, 6.45) is 0. The van der Waals surface area contributed by atoms with Crippen LogP contribution in [-0.4, -0.2) is 9.78 Å². The molecule has 0 aliphatic rings. The van der Waals surface area contributed by atoms with Gasteiger partial charge in [-0.15, -0.1) is 0 Å². The molecule has 0 radical (unpaired) electrons. The van der Waals surface area contributed by atoms with Gasteiger partial charge < -0.3 is 5.73 Å². The molecule has 0 saturated carbocycles. The minimum Gasteiger partial charge on any atom is -0.383 e. The molecule has 3 rings (SSSR count). The van der Waals surface area contributed by atoms with Crippen molar-refractivity contribution in [1.29, 1.82) is 0 Å². The molecule has 1 heterocycles. The predicted octanol–water partition coefficient (Wildman–Crippen LogP) is 4.33. The van der Waals surface area contributed by atoms with E-state index in [1.54, 1.807) is 16.8 Å². The van der Waals surface area contributed by atoms with Gasteiger partial charge in [0.25, 0.3) is 0 Å². The molecule has 0 unspecified atom stereocenters. The van der Waals surface area contributed by atoms with Crippen LogP contribution in [-0.2, 0) is 0 Å². The zero-order valence-electron chi connectivity index (χ0n) is 11.3. The fourth-order valence-electron chi connectivity index (χ4n) is 2.24. The van der Waals surface area contributed by atoms with E-state index in [4.69, 9.17) is 5.73 Å². The zero-order chi connectivity index (χ0) is 15.0. The summed E-state index contributed by atoms with van der Waals surface area (Å²) in [6.45, 7) is 1.84. The molecule has 0 saturated heterocycles. The lowest BCUT2D eigenvalue weighted by Gasteiger charge is -2.04. The highest BCUT2D eigenvalue weighted by Crippen LogP contribution is 2.34. The van der Waals surface area contributed by atoms with Crippen molar-refractivity contribution in [3.63, 3.8) is 0 Å². The second-order valence-electron chi connectivity index (χ2n) is 4.70. The van der Waals surface area contributed by atoms with Gasteiger partial charge >= 0.3 is 0 Å². The quantitative estimate of drug-likeness (QED) is 0.751. The number of nitrogens with two attached hydrogens (primary N) is 1. The second-order valence-corrected chi connectivity index (χ2v) is 5.56. The molecule has 21 heavy (non-hydrogen) atoms. The highest BCUT2D eigenvalue weighted by Gasteiger charge is 2.19. The first-order chi connectivity index (χ1) is 10.1. The van der Waals surface area contributed by atoms with Crippen molar-refractivity contribution in [1.82, 2.24) is 9.78 Å². The van der Waals surface area contributed by atoms with Gasteiger partial charge in [0.15, 0.2) is 0 Å². The van der Waals surface area contributed by atoms with Crippen molar-refractivity contribution in [2.24, 2.45) is 0 Å². The van der Waals surface area contributed by atoms with Crippen molar-refractivity contribution < 1.29 is 4.39 Å². The summed E-state index contributed by atoms with van der Waals surface area (Å²) in [5, 5.41) is 4.49. The van der Waals surface area contributed by atoms with Crippen LogP contribution in [0.5, 0.6) is 0 Å². The molecule has 0 aliphatic carbocycles. The monoisotopic (exact) mass is 345 g/mol. The van der Waals surface area contributed by atoms with Crippen molar-refractivity contribution in [3.8, 4) is 16.9 Å². The number of benzene rings is 2. The molecule has 106 valence electrons. The first kappa shape index (κ1) is 13.8. The molecule has 0 atom stereocenters. The summed E-state index contributed by atoms with van der Waals surface area (Å²) in [5.74, 6) is 0.177. The van der Waals surface area contributed by atoms with E-state index in [-0.39, 0.29) is 5.82 Å². The Labute approximate surface area is 130 Å². The molecule has 0 fully saturated rings. The maximum absolute atomic E-state index is 14.1. The van der Waals surface area contributed by atoms with E-state index in [0.717, 1.165) is 11.3 Å². The van der Waals surface area contributed by atoms with Gasteiger partial charge in [0.1, 0.15) is 17.3 Å². The first-order valence-electron chi connectivity index (χ1n) is 6.44. The average molecular weight is 346 g/mol. The van der Waals surface area contributed by atoms with Crippen LogP contribution in [0.2, 0.25) is 0 Å². The molecule has 1 aromatic heterocycles. The SMILES string of the molecule is Cc1c(-c2c(F)cccc2Br)nn(-c2ccccc2)c1N. The normalized spacial score (nSPS) is 10.8. The van der Waals surface area contributed by atoms with Crippen LogP contribution >= 0.6 is 15.9 Å². The average Bonchev–Trinajstić information content (AvgIpc) is 2.77. The number of nitrogens with zero attached hydrogens (tertiary/aromatic N) is 2. The Hall–Kier alpha value is -2.14. The topological polar surface area (TPSA) is 43.8 Å². The Morgan fingerprint density at radius 2 is 1.81 bits per heavy atom. The van der Waals surface area contributed by atoms with Gasteiger partial charge in [0, 0.05) is 10.0 Å². The van der Waals surface area contributed by atoms with Crippen LogP contribution in [0.15, 0.2) is 53.0 Å². The molecule has 0 aliphatic heterocycles. The van der Waals surface area contributed by atoms with Crippen LogP contribution in [0.1, 0.15) is 5.56 Å². The van der Waals surface area contributed by atoms with Crippen LogP contribution < -0.4 is 5.73 Å². The largest absolute Gasteiger partial charge is 0.383 e. The molecule has 0 amide bonds. The van der Waals surface area contributed by atoms with Crippen molar-refractivity contribution >= 4 is 21.7 Å². The third-order valence-electron chi connectivity index (χ3n) is 3.37. The lowest BCUT2D eigenvalue weighted by atomic mass is 10.1. The highest BCUT2D eigenvalue weighted by atomic mass is 79.9. The van der Waals surface area contributed by atoms with E-state index in [9.17, 15) is 4.39 Å².